The van der Waals surface area contributed by atoms with Crippen LogP contribution in [0.2, 0.25) is 0 Å². The zero-order valence-corrected chi connectivity index (χ0v) is 6.10. The fourth-order valence-corrected chi connectivity index (χ4v) is 0.826. The van der Waals surface area contributed by atoms with E-state index >= 15 is 0 Å². The van der Waals surface area contributed by atoms with Crippen LogP contribution in [0.1, 0.15) is 10.4 Å². The number of carbonyl (C=O) groups is 1. The first kappa shape index (κ1) is 8.01. The molecule has 0 saturated heterocycles. The molecule has 4 heteroatoms. The lowest BCUT2D eigenvalue weighted by Crippen LogP contribution is -1.90. The zero-order valence-electron chi connectivity index (χ0n) is 5.34. The van der Waals surface area contributed by atoms with E-state index in [1.165, 1.54) is 12.1 Å². The molecule has 0 amide bonds. The van der Waals surface area contributed by atoms with Gasteiger partial charge in [-0.3, -0.25) is 4.79 Å². The van der Waals surface area contributed by atoms with Crippen LogP contribution < -0.4 is 0 Å². The van der Waals surface area contributed by atoms with Crippen molar-refractivity contribution in [2.75, 3.05) is 0 Å². The second-order valence-corrected chi connectivity index (χ2v) is 2.25. The highest BCUT2D eigenvalue weighted by Gasteiger charge is 2.10. The van der Waals surface area contributed by atoms with Gasteiger partial charge in [0.15, 0.2) is 11.6 Å². The summed E-state index contributed by atoms with van der Waals surface area (Å²) in [4.78, 5) is 10.5. The molecule has 0 aliphatic heterocycles. The number of hydrogen-bond acceptors (Lipinski definition) is 2. The van der Waals surface area contributed by atoms with E-state index in [0.29, 0.717) is 0 Å². The summed E-state index contributed by atoms with van der Waals surface area (Å²) in [6, 6.07) is 3.58. The molecule has 58 valence electrons. The number of para-hydroxylation sites is 1. The Labute approximate surface area is 67.2 Å². The largest absolute Gasteiger partial charge is 0.504 e. The molecule has 1 rings (SSSR count). The summed E-state index contributed by atoms with van der Waals surface area (Å²) in [6.07, 6.45) is 0. The van der Waals surface area contributed by atoms with Crippen molar-refractivity contribution < 1.29 is 14.3 Å². The molecule has 0 aliphatic carbocycles. The average Bonchev–Trinajstić information content (AvgIpc) is 1.94. The van der Waals surface area contributed by atoms with Crippen LogP contribution in [0.25, 0.3) is 0 Å². The second-order valence-electron chi connectivity index (χ2n) is 1.91. The van der Waals surface area contributed by atoms with E-state index in [1.54, 1.807) is 0 Å². The monoisotopic (exact) mass is 174 g/mol. The zero-order chi connectivity index (χ0) is 8.43. The molecule has 1 N–H and O–H groups in total. The third-order valence-electron chi connectivity index (χ3n) is 1.20. The Balaban J connectivity index is 3.27. The highest BCUT2D eigenvalue weighted by atomic mass is 35.5. The molecule has 0 saturated carbocycles. The molecule has 0 atom stereocenters. The molecule has 1 aromatic rings. The predicted molar refractivity (Wildman–Crippen MR) is 38.2 cm³/mol. The van der Waals surface area contributed by atoms with Crippen molar-refractivity contribution in [3.8, 4) is 5.75 Å². The van der Waals surface area contributed by atoms with Crippen molar-refractivity contribution in [1.82, 2.24) is 0 Å². The molecular formula is C7H4ClFO2. The lowest BCUT2D eigenvalue weighted by molar-refractivity contribution is 0.107. The van der Waals surface area contributed by atoms with Gasteiger partial charge in [-0.1, -0.05) is 6.07 Å². The van der Waals surface area contributed by atoms with Crippen molar-refractivity contribution in [3.63, 3.8) is 0 Å². The van der Waals surface area contributed by atoms with Crippen molar-refractivity contribution in [1.29, 1.82) is 0 Å². The molecule has 0 spiro atoms. The normalized spacial score (nSPS) is 9.64. The van der Waals surface area contributed by atoms with Gasteiger partial charge in [-0.15, -0.1) is 0 Å². The maximum Gasteiger partial charge on any atom is 0.256 e. The standard InChI is InChI=1S/C7H4ClFO2/c8-7(11)4-2-1-3-5(9)6(4)10/h1-3,10H. The molecular weight excluding hydrogens is 171 g/mol. The summed E-state index contributed by atoms with van der Waals surface area (Å²) in [6.45, 7) is 0. The summed E-state index contributed by atoms with van der Waals surface area (Å²) in [7, 11) is 0. The number of phenolic OH excluding ortho intramolecular Hbond substituents is 1. The van der Waals surface area contributed by atoms with Gasteiger partial charge in [0.25, 0.3) is 5.24 Å². The van der Waals surface area contributed by atoms with Gasteiger partial charge in [-0.05, 0) is 23.7 Å². The molecule has 11 heavy (non-hydrogen) atoms. The Bertz CT molecular complexity index is 298. The third kappa shape index (κ3) is 1.49. The number of rotatable bonds is 1. The minimum Gasteiger partial charge on any atom is -0.504 e. The van der Waals surface area contributed by atoms with Crippen LogP contribution >= 0.6 is 11.6 Å². The van der Waals surface area contributed by atoms with E-state index in [1.807, 2.05) is 0 Å². The first-order valence-electron chi connectivity index (χ1n) is 2.80. The topological polar surface area (TPSA) is 37.3 Å². The number of phenols is 1. The Morgan fingerprint density at radius 2 is 2.18 bits per heavy atom. The second kappa shape index (κ2) is 2.88. The molecule has 2 nitrogen and oxygen atoms in total. The first-order valence-corrected chi connectivity index (χ1v) is 3.18. The van der Waals surface area contributed by atoms with E-state index in [-0.39, 0.29) is 5.56 Å². The van der Waals surface area contributed by atoms with Crippen LogP contribution in [0.15, 0.2) is 18.2 Å². The molecule has 0 fully saturated rings. The SMILES string of the molecule is O=C(Cl)c1cccc(F)c1O. The van der Waals surface area contributed by atoms with E-state index in [2.05, 4.69) is 0 Å². The number of aromatic hydroxyl groups is 1. The first-order chi connectivity index (χ1) is 5.13. The van der Waals surface area contributed by atoms with Gasteiger partial charge in [0, 0.05) is 0 Å². The summed E-state index contributed by atoms with van der Waals surface area (Å²) in [5.74, 6) is -1.55. The van der Waals surface area contributed by atoms with Gasteiger partial charge in [0.2, 0.25) is 0 Å². The van der Waals surface area contributed by atoms with Crippen molar-refractivity contribution in [3.05, 3.63) is 29.6 Å². The third-order valence-corrected chi connectivity index (χ3v) is 1.40. The lowest BCUT2D eigenvalue weighted by Gasteiger charge is -1.97. The summed E-state index contributed by atoms with van der Waals surface area (Å²) in [5, 5.41) is 8.01. The molecule has 0 unspecified atom stereocenters. The molecule has 0 radical (unpaired) electrons. The predicted octanol–water partition coefficient (Wildman–Crippen LogP) is 1.91. The van der Waals surface area contributed by atoms with Crippen molar-refractivity contribution in [2.24, 2.45) is 0 Å². The molecule has 0 bridgehead atoms. The smallest absolute Gasteiger partial charge is 0.256 e. The number of benzene rings is 1. The Hall–Kier alpha value is -1.09. The Morgan fingerprint density at radius 1 is 1.55 bits per heavy atom. The number of carbonyl (C=O) groups excluding carboxylic acids is 1. The molecule has 0 aromatic heterocycles. The fraction of sp³-hybridized carbons (Fsp3) is 0. The van der Waals surface area contributed by atoms with Crippen molar-refractivity contribution >= 4 is 16.8 Å². The summed E-state index contributed by atoms with van der Waals surface area (Å²) >= 11 is 5.01. The van der Waals surface area contributed by atoms with Crippen LogP contribution in [0.4, 0.5) is 4.39 Å². The number of halogens is 2. The number of hydrogen-bond donors (Lipinski definition) is 1. The van der Waals surface area contributed by atoms with Gasteiger partial charge in [-0.2, -0.15) is 0 Å². The average molecular weight is 175 g/mol. The highest BCUT2D eigenvalue weighted by Crippen LogP contribution is 2.21. The minimum atomic E-state index is -0.873. The van der Waals surface area contributed by atoms with Gasteiger partial charge in [0.05, 0.1) is 5.56 Å². The van der Waals surface area contributed by atoms with Crippen molar-refractivity contribution in [2.45, 2.75) is 0 Å². The summed E-state index contributed by atoms with van der Waals surface area (Å²) in [5.41, 5.74) is -0.216. The maximum atomic E-state index is 12.5. The van der Waals surface area contributed by atoms with Crippen LogP contribution in [-0.4, -0.2) is 10.3 Å². The van der Waals surface area contributed by atoms with E-state index in [0.717, 1.165) is 6.07 Å². The molecule has 0 aliphatic rings. The van der Waals surface area contributed by atoms with E-state index in [4.69, 9.17) is 16.7 Å². The van der Waals surface area contributed by atoms with Crippen LogP contribution in [0, 0.1) is 5.82 Å². The fourth-order valence-electron chi connectivity index (χ4n) is 0.674. The quantitative estimate of drug-likeness (QED) is 0.661. The van der Waals surface area contributed by atoms with Crippen LogP contribution in [0.3, 0.4) is 0 Å². The van der Waals surface area contributed by atoms with Gasteiger partial charge < -0.3 is 5.11 Å². The Kier molecular flexibility index (Phi) is 2.10. The highest BCUT2D eigenvalue weighted by molar-refractivity contribution is 6.68. The molecule has 1 aromatic carbocycles. The van der Waals surface area contributed by atoms with Crippen LogP contribution in [0.5, 0.6) is 5.75 Å². The molecule has 0 heterocycles. The van der Waals surface area contributed by atoms with Gasteiger partial charge in [-0.25, -0.2) is 4.39 Å². The summed E-state index contributed by atoms with van der Waals surface area (Å²) < 4.78 is 12.5. The maximum absolute atomic E-state index is 12.5. The Morgan fingerprint density at radius 3 is 2.64 bits per heavy atom. The minimum absolute atomic E-state index is 0.216. The van der Waals surface area contributed by atoms with Gasteiger partial charge >= 0.3 is 0 Å². The lowest BCUT2D eigenvalue weighted by atomic mass is 10.2. The van der Waals surface area contributed by atoms with Crippen LogP contribution in [-0.2, 0) is 0 Å². The van der Waals surface area contributed by atoms with E-state index in [9.17, 15) is 9.18 Å². The van der Waals surface area contributed by atoms with E-state index < -0.39 is 16.8 Å². The van der Waals surface area contributed by atoms with Gasteiger partial charge in [0.1, 0.15) is 0 Å².